The van der Waals surface area contributed by atoms with E-state index in [2.05, 4.69) is 27.7 Å². The summed E-state index contributed by atoms with van der Waals surface area (Å²) in [6.45, 7) is 8.34. The van der Waals surface area contributed by atoms with Crippen LogP contribution in [-0.4, -0.2) is 6.16 Å². The average molecular weight is 282 g/mol. The van der Waals surface area contributed by atoms with Gasteiger partial charge in [-0.3, -0.25) is 0 Å². The standard InChI is InChI=1S/C17H30O3/c1-5-9-13-15(11-7-3)19-17(18)20-16(12-8-4)14-10-6-2/h13-14H,5-12H2,1-4H3/b15-13+,16-14+. The minimum Gasteiger partial charge on any atom is -0.400 e. The highest BCUT2D eigenvalue weighted by atomic mass is 16.7. The van der Waals surface area contributed by atoms with Gasteiger partial charge in [-0.1, -0.05) is 40.5 Å². The van der Waals surface area contributed by atoms with Crippen LogP contribution in [0.1, 0.15) is 79.1 Å². The lowest BCUT2D eigenvalue weighted by molar-refractivity contribution is 0.0964. The first-order valence-electron chi connectivity index (χ1n) is 7.95. The van der Waals surface area contributed by atoms with E-state index >= 15 is 0 Å². The highest BCUT2D eigenvalue weighted by molar-refractivity contribution is 5.62. The second-order valence-electron chi connectivity index (χ2n) is 4.87. The molecule has 0 saturated carbocycles. The van der Waals surface area contributed by atoms with Gasteiger partial charge in [0.15, 0.2) is 0 Å². The molecule has 0 aromatic heterocycles. The summed E-state index contributed by atoms with van der Waals surface area (Å²) in [6, 6.07) is 0. The van der Waals surface area contributed by atoms with Crippen LogP contribution in [0.4, 0.5) is 4.79 Å². The summed E-state index contributed by atoms with van der Waals surface area (Å²) >= 11 is 0. The molecule has 20 heavy (non-hydrogen) atoms. The highest BCUT2D eigenvalue weighted by Gasteiger charge is 2.10. The molecule has 3 nitrogen and oxygen atoms in total. The molecule has 0 aliphatic rings. The minimum atomic E-state index is -0.600. The monoisotopic (exact) mass is 282 g/mol. The Hall–Kier alpha value is -1.25. The quantitative estimate of drug-likeness (QED) is 0.358. The maximum absolute atomic E-state index is 11.8. The van der Waals surface area contributed by atoms with Crippen molar-refractivity contribution in [1.29, 1.82) is 0 Å². The van der Waals surface area contributed by atoms with Crippen molar-refractivity contribution in [1.82, 2.24) is 0 Å². The zero-order valence-electron chi connectivity index (χ0n) is 13.5. The molecule has 0 saturated heterocycles. The third-order valence-corrected chi connectivity index (χ3v) is 2.74. The summed E-state index contributed by atoms with van der Waals surface area (Å²) < 4.78 is 10.6. The first-order chi connectivity index (χ1) is 9.67. The lowest BCUT2D eigenvalue weighted by atomic mass is 10.2. The molecular formula is C17H30O3. The normalized spacial score (nSPS) is 12.4. The molecule has 0 aromatic carbocycles. The number of allylic oxidation sites excluding steroid dienone is 4. The summed E-state index contributed by atoms with van der Waals surface area (Å²) in [4.78, 5) is 11.8. The van der Waals surface area contributed by atoms with E-state index in [1.54, 1.807) is 0 Å². The first kappa shape index (κ1) is 18.8. The summed E-state index contributed by atoms with van der Waals surface area (Å²) in [7, 11) is 0. The Labute approximate surface area is 124 Å². The van der Waals surface area contributed by atoms with Crippen molar-refractivity contribution in [2.24, 2.45) is 0 Å². The second kappa shape index (κ2) is 12.8. The molecular weight excluding hydrogens is 252 g/mol. The van der Waals surface area contributed by atoms with Crippen LogP contribution in [-0.2, 0) is 9.47 Å². The number of unbranched alkanes of at least 4 members (excludes halogenated alkanes) is 2. The van der Waals surface area contributed by atoms with Gasteiger partial charge in [-0.25, -0.2) is 4.79 Å². The van der Waals surface area contributed by atoms with Gasteiger partial charge in [0.05, 0.1) is 0 Å². The van der Waals surface area contributed by atoms with Crippen LogP contribution in [0.5, 0.6) is 0 Å². The van der Waals surface area contributed by atoms with Gasteiger partial charge in [-0.15, -0.1) is 0 Å². The molecule has 116 valence electrons. The molecule has 0 aliphatic heterocycles. The molecule has 0 spiro atoms. The predicted molar refractivity (Wildman–Crippen MR) is 83.4 cm³/mol. The van der Waals surface area contributed by atoms with Crippen LogP contribution < -0.4 is 0 Å². The summed E-state index contributed by atoms with van der Waals surface area (Å²) in [5.74, 6) is 1.45. The number of ether oxygens (including phenoxy) is 2. The highest BCUT2D eigenvalue weighted by Crippen LogP contribution is 2.14. The van der Waals surface area contributed by atoms with Crippen LogP contribution in [0, 0.1) is 0 Å². The van der Waals surface area contributed by atoms with E-state index in [-0.39, 0.29) is 0 Å². The SMILES string of the molecule is CCC/C=C(\CCC)OC(=O)O/C(=C/CCC)CCC. The van der Waals surface area contributed by atoms with Crippen LogP contribution in [0.2, 0.25) is 0 Å². The zero-order chi connectivity index (χ0) is 15.2. The van der Waals surface area contributed by atoms with Crippen LogP contribution in [0.25, 0.3) is 0 Å². The molecule has 0 aliphatic carbocycles. The third kappa shape index (κ3) is 9.65. The zero-order valence-corrected chi connectivity index (χ0v) is 13.5. The van der Waals surface area contributed by atoms with E-state index in [4.69, 9.17) is 9.47 Å². The fourth-order valence-electron chi connectivity index (χ4n) is 1.73. The molecule has 0 N–H and O–H groups in total. The van der Waals surface area contributed by atoms with Gasteiger partial charge < -0.3 is 9.47 Å². The van der Waals surface area contributed by atoms with Crippen molar-refractivity contribution in [3.05, 3.63) is 23.7 Å². The van der Waals surface area contributed by atoms with Crippen molar-refractivity contribution in [3.8, 4) is 0 Å². The van der Waals surface area contributed by atoms with Gasteiger partial charge in [-0.2, -0.15) is 0 Å². The number of hydrogen-bond donors (Lipinski definition) is 0. The van der Waals surface area contributed by atoms with Crippen LogP contribution in [0.15, 0.2) is 23.7 Å². The van der Waals surface area contributed by atoms with Crippen LogP contribution in [0.3, 0.4) is 0 Å². The Morgan fingerprint density at radius 3 is 1.45 bits per heavy atom. The number of hydrogen-bond acceptors (Lipinski definition) is 3. The Bertz CT molecular complexity index is 286. The Morgan fingerprint density at radius 1 is 0.750 bits per heavy atom. The maximum Gasteiger partial charge on any atom is 0.518 e. The molecule has 0 radical (unpaired) electrons. The van der Waals surface area contributed by atoms with E-state index < -0.39 is 6.16 Å². The predicted octanol–water partition coefficient (Wildman–Crippen LogP) is 6.11. The molecule has 0 bridgehead atoms. The van der Waals surface area contributed by atoms with Gasteiger partial charge >= 0.3 is 6.16 Å². The summed E-state index contributed by atoms with van der Waals surface area (Å²) in [5, 5.41) is 0. The fraction of sp³-hybridized carbons (Fsp3) is 0.706. The number of carbonyl (C=O) groups is 1. The van der Waals surface area contributed by atoms with Gasteiger partial charge in [0.1, 0.15) is 11.5 Å². The minimum absolute atomic E-state index is 0.600. The van der Waals surface area contributed by atoms with Crippen molar-refractivity contribution in [2.75, 3.05) is 0 Å². The van der Waals surface area contributed by atoms with E-state index in [9.17, 15) is 4.79 Å². The fourth-order valence-corrected chi connectivity index (χ4v) is 1.73. The van der Waals surface area contributed by atoms with Gasteiger partial charge in [0, 0.05) is 12.8 Å². The topological polar surface area (TPSA) is 35.5 Å². The van der Waals surface area contributed by atoms with Crippen molar-refractivity contribution < 1.29 is 14.3 Å². The van der Waals surface area contributed by atoms with Crippen molar-refractivity contribution in [2.45, 2.75) is 79.1 Å². The van der Waals surface area contributed by atoms with Gasteiger partial charge in [0.25, 0.3) is 0 Å². The molecule has 0 heterocycles. The van der Waals surface area contributed by atoms with Gasteiger partial charge in [0.2, 0.25) is 0 Å². The van der Waals surface area contributed by atoms with Crippen molar-refractivity contribution >= 4 is 6.16 Å². The number of carbonyl (C=O) groups excluding carboxylic acids is 1. The molecule has 0 amide bonds. The largest absolute Gasteiger partial charge is 0.518 e. The van der Waals surface area contributed by atoms with Crippen LogP contribution >= 0.6 is 0 Å². The molecule has 3 heteroatoms. The van der Waals surface area contributed by atoms with E-state index in [0.29, 0.717) is 0 Å². The first-order valence-corrected chi connectivity index (χ1v) is 7.95. The van der Waals surface area contributed by atoms with Gasteiger partial charge in [-0.05, 0) is 37.8 Å². The van der Waals surface area contributed by atoms with E-state index in [1.807, 2.05) is 12.2 Å². The Balaban J connectivity index is 4.47. The Morgan fingerprint density at radius 2 is 1.15 bits per heavy atom. The molecule has 0 aromatic rings. The molecule has 0 fully saturated rings. The van der Waals surface area contributed by atoms with E-state index in [0.717, 1.165) is 62.9 Å². The summed E-state index contributed by atoms with van der Waals surface area (Å²) in [5.41, 5.74) is 0. The molecule has 0 atom stereocenters. The summed E-state index contributed by atoms with van der Waals surface area (Å²) in [6.07, 6.45) is 10.8. The lowest BCUT2D eigenvalue weighted by Gasteiger charge is -2.10. The second-order valence-corrected chi connectivity index (χ2v) is 4.87. The van der Waals surface area contributed by atoms with E-state index in [1.165, 1.54) is 0 Å². The van der Waals surface area contributed by atoms with Crippen molar-refractivity contribution in [3.63, 3.8) is 0 Å². The average Bonchev–Trinajstić information content (AvgIpc) is 2.42. The Kier molecular flexibility index (Phi) is 12.0. The third-order valence-electron chi connectivity index (χ3n) is 2.74. The smallest absolute Gasteiger partial charge is 0.400 e. The molecule has 0 rings (SSSR count). The number of rotatable bonds is 10. The molecule has 0 unspecified atom stereocenters. The maximum atomic E-state index is 11.8. The lowest BCUT2D eigenvalue weighted by Crippen LogP contribution is -2.07.